The predicted octanol–water partition coefficient (Wildman–Crippen LogP) is 1.94. The summed E-state index contributed by atoms with van der Waals surface area (Å²) in [5.41, 5.74) is 2.12. The van der Waals surface area contributed by atoms with Crippen molar-refractivity contribution in [3.05, 3.63) is 29.8 Å². The maximum atomic E-state index is 10.2. The van der Waals surface area contributed by atoms with Gasteiger partial charge in [-0.1, -0.05) is 18.2 Å². The number of anilines is 1. The Bertz CT molecular complexity index is 351. The Morgan fingerprint density at radius 1 is 1.43 bits per heavy atom. The summed E-state index contributed by atoms with van der Waals surface area (Å²) in [5, 5.41) is 13.2. The van der Waals surface area contributed by atoms with Crippen LogP contribution in [0.5, 0.6) is 0 Å². The highest BCUT2D eigenvalue weighted by Gasteiger charge is 2.20. The number of nitrogens with one attached hydrogen (secondary N) is 1. The molecule has 1 heterocycles. The summed E-state index contributed by atoms with van der Waals surface area (Å²) in [4.78, 5) is 10.2. The molecule has 0 aromatic heterocycles. The van der Waals surface area contributed by atoms with E-state index in [9.17, 15) is 9.90 Å². The van der Waals surface area contributed by atoms with Gasteiger partial charge in [0.25, 0.3) is 0 Å². The monoisotopic (exact) mass is 192 g/mol. The Labute approximate surface area is 81.5 Å². The van der Waals surface area contributed by atoms with Crippen LogP contribution in [0.25, 0.3) is 0 Å². The third-order valence-electron chi connectivity index (χ3n) is 2.25. The molecule has 1 aliphatic rings. The van der Waals surface area contributed by atoms with Crippen LogP contribution in [0.4, 0.5) is 10.5 Å². The highest BCUT2D eigenvalue weighted by Crippen LogP contribution is 2.24. The molecule has 73 valence electrons. The average Bonchev–Trinajstić information content (AvgIpc) is 2.17. The Balaban J connectivity index is 2.09. The summed E-state index contributed by atoms with van der Waals surface area (Å²) < 4.78 is 4.54. The second-order valence-corrected chi connectivity index (χ2v) is 3.20. The van der Waals surface area contributed by atoms with Gasteiger partial charge in [0.15, 0.2) is 6.23 Å². The molecule has 1 atom stereocenters. The molecule has 0 spiro atoms. The first-order valence-corrected chi connectivity index (χ1v) is 4.48. The van der Waals surface area contributed by atoms with Crippen molar-refractivity contribution in [3.63, 3.8) is 0 Å². The standard InChI is InChI=1S/C10H10NO3/c12-10(13)14-9-6-5-7-3-1-2-4-8(7)11-9/h1-4,9,11H,5-6H2. The molecule has 0 amide bonds. The summed E-state index contributed by atoms with van der Waals surface area (Å²) in [5.74, 6) is 0. The zero-order valence-corrected chi connectivity index (χ0v) is 7.53. The Kier molecular flexibility index (Phi) is 2.26. The minimum atomic E-state index is -1.48. The molecule has 14 heavy (non-hydrogen) atoms. The molecular formula is C10H10NO3. The largest absolute Gasteiger partial charge is 0.551 e. The fraction of sp³-hybridized carbons (Fsp3) is 0.300. The van der Waals surface area contributed by atoms with E-state index < -0.39 is 12.4 Å². The number of fused-ring (bicyclic) bond motifs is 1. The average molecular weight is 192 g/mol. The molecule has 0 fully saturated rings. The zero-order valence-electron chi connectivity index (χ0n) is 7.53. The second-order valence-electron chi connectivity index (χ2n) is 3.20. The summed E-state index contributed by atoms with van der Waals surface area (Å²) in [6, 6.07) is 7.77. The minimum Gasteiger partial charge on any atom is -0.408 e. The second kappa shape index (κ2) is 3.57. The third kappa shape index (κ3) is 1.79. The van der Waals surface area contributed by atoms with Crippen LogP contribution in [-0.4, -0.2) is 12.4 Å². The van der Waals surface area contributed by atoms with Crippen LogP contribution in [0.3, 0.4) is 0 Å². The van der Waals surface area contributed by atoms with E-state index in [1.165, 1.54) is 5.56 Å². The van der Waals surface area contributed by atoms with E-state index in [1.807, 2.05) is 24.3 Å². The lowest BCUT2D eigenvalue weighted by Gasteiger charge is -2.25. The van der Waals surface area contributed by atoms with E-state index in [0.717, 1.165) is 12.1 Å². The number of carbonyl (C=O) groups is 1. The van der Waals surface area contributed by atoms with E-state index >= 15 is 0 Å². The van der Waals surface area contributed by atoms with Gasteiger partial charge in [-0.25, -0.2) is 0 Å². The van der Waals surface area contributed by atoms with Crippen LogP contribution in [0.15, 0.2) is 24.3 Å². The van der Waals surface area contributed by atoms with Crippen LogP contribution in [0.1, 0.15) is 12.0 Å². The molecule has 0 aliphatic carbocycles. The van der Waals surface area contributed by atoms with E-state index in [4.69, 9.17) is 0 Å². The minimum absolute atomic E-state index is 0.477. The molecule has 2 rings (SSSR count). The molecule has 1 aliphatic heterocycles. The van der Waals surface area contributed by atoms with Crippen molar-refractivity contribution < 1.29 is 14.6 Å². The fourth-order valence-corrected chi connectivity index (χ4v) is 1.62. The number of hydrogen-bond acceptors (Lipinski definition) is 3. The quantitative estimate of drug-likeness (QED) is 0.691. The van der Waals surface area contributed by atoms with Gasteiger partial charge >= 0.3 is 6.16 Å². The van der Waals surface area contributed by atoms with Gasteiger partial charge in [-0.2, -0.15) is 9.90 Å². The van der Waals surface area contributed by atoms with Gasteiger partial charge in [-0.15, -0.1) is 0 Å². The van der Waals surface area contributed by atoms with Crippen molar-refractivity contribution >= 4 is 11.8 Å². The van der Waals surface area contributed by atoms with E-state index in [1.54, 1.807) is 0 Å². The first-order chi connectivity index (χ1) is 6.75. The maximum Gasteiger partial charge on any atom is 0.551 e. The molecule has 4 nitrogen and oxygen atoms in total. The highest BCUT2D eigenvalue weighted by molar-refractivity contribution is 5.58. The molecule has 1 radical (unpaired) electrons. The fourth-order valence-electron chi connectivity index (χ4n) is 1.62. The highest BCUT2D eigenvalue weighted by atomic mass is 16.7. The molecule has 1 N–H and O–H groups in total. The van der Waals surface area contributed by atoms with Crippen molar-refractivity contribution in [2.75, 3.05) is 5.32 Å². The summed E-state index contributed by atoms with van der Waals surface area (Å²) >= 11 is 0. The SMILES string of the molecule is [O]C(=O)OC1CCc2ccccc2N1. The third-order valence-corrected chi connectivity index (χ3v) is 2.25. The Morgan fingerprint density at radius 2 is 2.21 bits per heavy atom. The number of carbonyl (C=O) groups excluding carboxylic acids is 1. The summed E-state index contributed by atoms with van der Waals surface area (Å²) in [6.07, 6.45) is -0.497. The molecular weight excluding hydrogens is 182 g/mol. The lowest BCUT2D eigenvalue weighted by atomic mass is 10.0. The molecule has 0 bridgehead atoms. The van der Waals surface area contributed by atoms with Crippen molar-refractivity contribution in [3.8, 4) is 0 Å². The van der Waals surface area contributed by atoms with Crippen molar-refractivity contribution in [1.29, 1.82) is 0 Å². The van der Waals surface area contributed by atoms with E-state index in [2.05, 4.69) is 10.1 Å². The van der Waals surface area contributed by atoms with Gasteiger partial charge in [0.1, 0.15) is 0 Å². The van der Waals surface area contributed by atoms with Gasteiger partial charge in [0.2, 0.25) is 0 Å². The van der Waals surface area contributed by atoms with Crippen LogP contribution in [-0.2, 0) is 16.3 Å². The Hall–Kier alpha value is -1.71. The zero-order chi connectivity index (χ0) is 9.97. The van der Waals surface area contributed by atoms with Gasteiger partial charge in [-0.05, 0) is 18.1 Å². The van der Waals surface area contributed by atoms with Gasteiger partial charge < -0.3 is 10.1 Å². The normalized spacial score (nSPS) is 19.3. The van der Waals surface area contributed by atoms with Crippen molar-refractivity contribution in [1.82, 2.24) is 0 Å². The van der Waals surface area contributed by atoms with Crippen LogP contribution in [0.2, 0.25) is 0 Å². The number of benzene rings is 1. The van der Waals surface area contributed by atoms with E-state index in [0.29, 0.717) is 6.42 Å². The molecule has 1 aromatic rings. The molecule has 0 saturated heterocycles. The first-order valence-electron chi connectivity index (χ1n) is 4.48. The number of hydrogen-bond donors (Lipinski definition) is 1. The lowest BCUT2D eigenvalue weighted by molar-refractivity contribution is 0.0378. The first kappa shape index (κ1) is 8.87. The summed E-state index contributed by atoms with van der Waals surface area (Å²) in [6.45, 7) is 0. The summed E-state index contributed by atoms with van der Waals surface area (Å²) in [7, 11) is 0. The smallest absolute Gasteiger partial charge is 0.408 e. The van der Waals surface area contributed by atoms with E-state index in [-0.39, 0.29) is 0 Å². The van der Waals surface area contributed by atoms with Crippen molar-refractivity contribution in [2.24, 2.45) is 0 Å². The predicted molar refractivity (Wildman–Crippen MR) is 49.3 cm³/mol. The lowest BCUT2D eigenvalue weighted by Crippen LogP contribution is -2.29. The van der Waals surface area contributed by atoms with Crippen LogP contribution in [0, 0.1) is 0 Å². The van der Waals surface area contributed by atoms with Crippen molar-refractivity contribution in [2.45, 2.75) is 19.1 Å². The van der Waals surface area contributed by atoms with Crippen LogP contribution >= 0.6 is 0 Å². The molecule has 4 heteroatoms. The Morgan fingerprint density at radius 3 is 3.00 bits per heavy atom. The van der Waals surface area contributed by atoms with Gasteiger partial charge in [0.05, 0.1) is 0 Å². The van der Waals surface area contributed by atoms with Gasteiger partial charge in [0, 0.05) is 12.1 Å². The molecule has 0 saturated carbocycles. The number of ether oxygens (including phenoxy) is 1. The van der Waals surface area contributed by atoms with Gasteiger partial charge in [-0.3, -0.25) is 0 Å². The molecule has 1 aromatic carbocycles. The van der Waals surface area contributed by atoms with Crippen LogP contribution < -0.4 is 5.32 Å². The topological polar surface area (TPSA) is 58.2 Å². The molecule has 1 unspecified atom stereocenters. The number of aryl methyl sites for hydroxylation is 1. The maximum absolute atomic E-state index is 10.2. The number of rotatable bonds is 1. The number of para-hydroxylation sites is 1.